The van der Waals surface area contributed by atoms with E-state index in [9.17, 15) is 17.6 Å². The zero-order chi connectivity index (χ0) is 15.7. The predicted molar refractivity (Wildman–Crippen MR) is 73.7 cm³/mol. The number of carbonyl (C=O) groups is 1. The lowest BCUT2D eigenvalue weighted by Crippen LogP contribution is -2.49. The van der Waals surface area contributed by atoms with Crippen LogP contribution in [0.1, 0.15) is 29.6 Å². The molecular formula is C13H17FN2O4S. The molecular weight excluding hydrogens is 299 g/mol. The van der Waals surface area contributed by atoms with Crippen LogP contribution in [0.3, 0.4) is 0 Å². The number of halogens is 1. The van der Waals surface area contributed by atoms with Gasteiger partial charge in [0.05, 0.1) is 16.1 Å². The van der Waals surface area contributed by atoms with Crippen molar-refractivity contribution in [3.63, 3.8) is 0 Å². The first-order valence-electron chi connectivity index (χ1n) is 6.43. The van der Waals surface area contributed by atoms with Gasteiger partial charge in [0, 0.05) is 13.7 Å². The van der Waals surface area contributed by atoms with Crippen molar-refractivity contribution in [2.75, 3.05) is 13.7 Å². The lowest BCUT2D eigenvalue weighted by molar-refractivity contribution is -0.0679. The second-order valence-corrected chi connectivity index (χ2v) is 6.67. The van der Waals surface area contributed by atoms with E-state index < -0.39 is 21.7 Å². The fraction of sp³-hybridized carbons (Fsp3) is 0.462. The molecule has 0 radical (unpaired) electrons. The van der Waals surface area contributed by atoms with Crippen molar-refractivity contribution in [2.45, 2.75) is 29.8 Å². The van der Waals surface area contributed by atoms with Crippen molar-refractivity contribution in [3.05, 3.63) is 29.6 Å². The smallest absolute Gasteiger partial charge is 0.254 e. The van der Waals surface area contributed by atoms with Gasteiger partial charge in [-0.2, -0.15) is 0 Å². The Labute approximate surface area is 122 Å². The Bertz CT molecular complexity index is 651. The third kappa shape index (κ3) is 3.39. The maximum atomic E-state index is 13.8. The molecule has 6 nitrogen and oxygen atoms in total. The van der Waals surface area contributed by atoms with Crippen LogP contribution in [0.25, 0.3) is 0 Å². The molecule has 0 aliphatic heterocycles. The Morgan fingerprint density at radius 1 is 1.48 bits per heavy atom. The molecule has 1 aromatic rings. The van der Waals surface area contributed by atoms with Gasteiger partial charge in [0.25, 0.3) is 5.91 Å². The van der Waals surface area contributed by atoms with Gasteiger partial charge >= 0.3 is 0 Å². The number of hydrogen-bond donors (Lipinski definition) is 2. The monoisotopic (exact) mass is 316 g/mol. The summed E-state index contributed by atoms with van der Waals surface area (Å²) in [6.45, 7) is 0.290. The number of amides is 1. The summed E-state index contributed by atoms with van der Waals surface area (Å²) in [6, 6.07) is 2.94. The maximum absolute atomic E-state index is 13.8. The van der Waals surface area contributed by atoms with Crippen LogP contribution in [0, 0.1) is 5.82 Å². The van der Waals surface area contributed by atoms with Crippen LogP contribution < -0.4 is 10.5 Å². The molecule has 0 heterocycles. The molecule has 1 saturated carbocycles. The summed E-state index contributed by atoms with van der Waals surface area (Å²) in [5, 5.41) is 7.51. The number of methoxy groups -OCH3 is 1. The molecule has 8 heteroatoms. The Morgan fingerprint density at radius 3 is 2.57 bits per heavy atom. The van der Waals surface area contributed by atoms with Crippen LogP contribution >= 0.6 is 0 Å². The highest BCUT2D eigenvalue weighted by molar-refractivity contribution is 7.89. The molecule has 0 bridgehead atoms. The van der Waals surface area contributed by atoms with Crippen molar-refractivity contribution in [1.29, 1.82) is 0 Å². The Balaban J connectivity index is 2.09. The van der Waals surface area contributed by atoms with E-state index in [1.165, 1.54) is 0 Å². The average Bonchev–Trinajstić information content (AvgIpc) is 2.36. The highest BCUT2D eigenvalue weighted by Gasteiger charge is 2.37. The zero-order valence-corrected chi connectivity index (χ0v) is 12.4. The van der Waals surface area contributed by atoms with E-state index in [1.807, 2.05) is 0 Å². The molecule has 1 aromatic carbocycles. The fourth-order valence-corrected chi connectivity index (χ4v) is 2.74. The minimum absolute atomic E-state index is 0.229. The number of carbonyl (C=O) groups excluding carboxylic acids is 1. The van der Waals surface area contributed by atoms with Gasteiger partial charge in [-0.25, -0.2) is 17.9 Å². The van der Waals surface area contributed by atoms with E-state index in [0.29, 0.717) is 6.54 Å². The lowest BCUT2D eigenvalue weighted by atomic mass is 9.80. The van der Waals surface area contributed by atoms with Crippen molar-refractivity contribution < 1.29 is 22.3 Å². The molecule has 1 amide bonds. The van der Waals surface area contributed by atoms with Crippen molar-refractivity contribution in [2.24, 2.45) is 5.14 Å². The van der Waals surface area contributed by atoms with Gasteiger partial charge in [0.15, 0.2) is 0 Å². The molecule has 0 unspecified atom stereocenters. The van der Waals surface area contributed by atoms with Crippen molar-refractivity contribution >= 4 is 15.9 Å². The highest BCUT2D eigenvalue weighted by atomic mass is 32.2. The third-order valence-corrected chi connectivity index (χ3v) is 4.69. The molecule has 0 saturated heterocycles. The quantitative estimate of drug-likeness (QED) is 0.838. The number of ether oxygens (including phenoxy) is 1. The number of sulfonamides is 1. The lowest BCUT2D eigenvalue weighted by Gasteiger charge is -2.40. The molecule has 116 valence electrons. The van der Waals surface area contributed by atoms with E-state index in [-0.39, 0.29) is 16.1 Å². The molecule has 0 aromatic heterocycles. The number of primary sulfonamides is 1. The largest absolute Gasteiger partial charge is 0.376 e. The summed E-state index contributed by atoms with van der Waals surface area (Å²) in [6.07, 6.45) is 2.72. The molecule has 2 rings (SSSR count). The van der Waals surface area contributed by atoms with Gasteiger partial charge in [0.1, 0.15) is 5.82 Å². The second kappa shape index (κ2) is 5.70. The summed E-state index contributed by atoms with van der Waals surface area (Å²) in [7, 11) is -2.42. The standard InChI is InChI=1S/C13H17FN2O4S/c1-20-13(5-2-6-13)8-16-12(17)10-4-3-9(7-11(10)14)21(15,18)19/h3-4,7H,2,5-6,8H2,1H3,(H,16,17)(H2,15,18,19). The molecule has 1 fully saturated rings. The van der Waals surface area contributed by atoms with Crippen LogP contribution in [-0.4, -0.2) is 33.6 Å². The summed E-state index contributed by atoms with van der Waals surface area (Å²) in [4.78, 5) is 11.6. The van der Waals surface area contributed by atoms with Crippen molar-refractivity contribution in [3.8, 4) is 0 Å². The van der Waals surface area contributed by atoms with Crippen LogP contribution in [-0.2, 0) is 14.8 Å². The summed E-state index contributed by atoms with van der Waals surface area (Å²) in [5.74, 6) is -1.55. The van der Waals surface area contributed by atoms with Gasteiger partial charge in [-0.3, -0.25) is 4.79 Å². The SMILES string of the molecule is COC1(CNC(=O)c2ccc(S(N)(=O)=O)cc2F)CCC1. The van der Waals surface area contributed by atoms with Gasteiger partial charge < -0.3 is 10.1 Å². The van der Waals surface area contributed by atoms with E-state index >= 15 is 0 Å². The van der Waals surface area contributed by atoms with E-state index in [2.05, 4.69) is 5.32 Å². The molecule has 1 aliphatic carbocycles. The first kappa shape index (κ1) is 15.9. The van der Waals surface area contributed by atoms with E-state index in [0.717, 1.165) is 37.5 Å². The van der Waals surface area contributed by atoms with Gasteiger partial charge in [-0.1, -0.05) is 0 Å². The molecule has 0 atom stereocenters. The van der Waals surface area contributed by atoms with Crippen LogP contribution in [0.5, 0.6) is 0 Å². The molecule has 21 heavy (non-hydrogen) atoms. The number of nitrogens with two attached hydrogens (primary N) is 1. The Morgan fingerprint density at radius 2 is 2.14 bits per heavy atom. The third-order valence-electron chi connectivity index (χ3n) is 3.78. The van der Waals surface area contributed by atoms with Gasteiger partial charge in [0.2, 0.25) is 10.0 Å². The molecule has 0 spiro atoms. The van der Waals surface area contributed by atoms with Crippen LogP contribution in [0.4, 0.5) is 4.39 Å². The Hall–Kier alpha value is -1.51. The zero-order valence-electron chi connectivity index (χ0n) is 11.6. The average molecular weight is 316 g/mol. The number of nitrogens with one attached hydrogen (secondary N) is 1. The normalized spacial score (nSPS) is 17.1. The second-order valence-electron chi connectivity index (χ2n) is 5.11. The highest BCUT2D eigenvalue weighted by Crippen LogP contribution is 2.34. The maximum Gasteiger partial charge on any atom is 0.254 e. The van der Waals surface area contributed by atoms with Crippen LogP contribution in [0.2, 0.25) is 0 Å². The van der Waals surface area contributed by atoms with Gasteiger partial charge in [-0.05, 0) is 37.5 Å². The van der Waals surface area contributed by atoms with Crippen molar-refractivity contribution in [1.82, 2.24) is 5.32 Å². The van der Waals surface area contributed by atoms with Crippen LogP contribution in [0.15, 0.2) is 23.1 Å². The summed E-state index contributed by atoms with van der Waals surface area (Å²) < 4.78 is 41.4. The van der Waals surface area contributed by atoms with E-state index in [4.69, 9.17) is 9.88 Å². The first-order valence-corrected chi connectivity index (χ1v) is 7.98. The van der Waals surface area contributed by atoms with Gasteiger partial charge in [-0.15, -0.1) is 0 Å². The number of benzene rings is 1. The predicted octanol–water partition coefficient (Wildman–Crippen LogP) is 0.772. The van der Waals surface area contributed by atoms with E-state index in [1.54, 1.807) is 7.11 Å². The summed E-state index contributed by atoms with van der Waals surface area (Å²) in [5.41, 5.74) is -0.597. The minimum Gasteiger partial charge on any atom is -0.376 e. The first-order chi connectivity index (χ1) is 9.77. The fourth-order valence-electron chi connectivity index (χ4n) is 2.22. The summed E-state index contributed by atoms with van der Waals surface area (Å²) >= 11 is 0. The number of hydrogen-bond acceptors (Lipinski definition) is 4. The molecule has 3 N–H and O–H groups in total. The molecule has 1 aliphatic rings. The topological polar surface area (TPSA) is 98.5 Å². The number of rotatable bonds is 5. The Kier molecular flexibility index (Phi) is 4.31. The minimum atomic E-state index is -3.99.